The van der Waals surface area contributed by atoms with Crippen molar-refractivity contribution in [2.75, 3.05) is 49.2 Å². The topological polar surface area (TPSA) is 89.9 Å². The maximum Gasteiger partial charge on any atom is 0.133 e. The number of phenolic OH excluding ortho intramolecular Hbond substituents is 2. The lowest BCUT2D eigenvalue weighted by Crippen LogP contribution is -1.96. The summed E-state index contributed by atoms with van der Waals surface area (Å²) in [7, 11) is 0. The molecule has 0 amide bonds. The molecule has 0 spiro atoms. The number of halogens is 2. The van der Waals surface area contributed by atoms with Crippen molar-refractivity contribution < 1.29 is 10.2 Å². The summed E-state index contributed by atoms with van der Waals surface area (Å²) >= 11 is 15.9. The first kappa shape index (κ1) is 26.6. The number of aromatic hydroxyl groups is 2. The minimum atomic E-state index is 0.127. The van der Waals surface area contributed by atoms with Crippen LogP contribution in [0.15, 0.2) is 44.2 Å². The van der Waals surface area contributed by atoms with E-state index in [1.54, 1.807) is 72.6 Å². The van der Waals surface area contributed by atoms with Gasteiger partial charge in [0.2, 0.25) is 0 Å². The summed E-state index contributed by atoms with van der Waals surface area (Å²) in [4.78, 5) is 17.6. The van der Waals surface area contributed by atoms with Crippen LogP contribution in [-0.2, 0) is 0 Å². The molecule has 1 heterocycles. The maximum absolute atomic E-state index is 10.5. The second-order valence-corrected chi connectivity index (χ2v) is 10.6. The SMILES string of the molecule is Oc1c2cc(Cl)cc1C=NCCSCCN=Cc1cc(Cl)cc(c1O)C=NCCSCCN=C2. The summed E-state index contributed by atoms with van der Waals surface area (Å²) in [6.45, 7) is 2.44. The molecule has 2 N–H and O–H groups in total. The molecule has 34 heavy (non-hydrogen) atoms. The van der Waals surface area contributed by atoms with Crippen molar-refractivity contribution in [3.8, 4) is 11.5 Å². The van der Waals surface area contributed by atoms with E-state index in [2.05, 4.69) is 20.0 Å². The van der Waals surface area contributed by atoms with E-state index in [-0.39, 0.29) is 11.5 Å². The molecule has 0 unspecified atom stereocenters. The highest BCUT2D eigenvalue weighted by Crippen LogP contribution is 2.26. The molecule has 0 aliphatic carbocycles. The third-order valence-electron chi connectivity index (χ3n) is 4.65. The molecule has 180 valence electrons. The van der Waals surface area contributed by atoms with Gasteiger partial charge in [-0.25, -0.2) is 0 Å². The van der Waals surface area contributed by atoms with Crippen LogP contribution in [0.2, 0.25) is 10.0 Å². The summed E-state index contributed by atoms with van der Waals surface area (Å²) in [6.07, 6.45) is 6.58. The van der Waals surface area contributed by atoms with Gasteiger partial charge in [0.25, 0.3) is 0 Å². The van der Waals surface area contributed by atoms with Crippen molar-refractivity contribution in [2.24, 2.45) is 20.0 Å². The predicted molar refractivity (Wildman–Crippen MR) is 151 cm³/mol. The van der Waals surface area contributed by atoms with Crippen molar-refractivity contribution in [2.45, 2.75) is 0 Å². The lowest BCUT2D eigenvalue weighted by atomic mass is 10.1. The van der Waals surface area contributed by atoms with Gasteiger partial charge in [-0.05, 0) is 24.3 Å². The second-order valence-electron chi connectivity index (χ2n) is 7.23. The number of thioether (sulfide) groups is 2. The first-order valence-electron chi connectivity index (χ1n) is 10.7. The Balaban J connectivity index is 1.70. The molecule has 2 aromatic rings. The van der Waals surface area contributed by atoms with E-state index < -0.39 is 0 Å². The Hall–Kier alpha value is -2.00. The number of benzene rings is 2. The van der Waals surface area contributed by atoms with E-state index in [0.717, 1.165) is 23.0 Å². The van der Waals surface area contributed by atoms with Crippen molar-refractivity contribution in [1.29, 1.82) is 0 Å². The predicted octanol–water partition coefficient (Wildman–Crippen LogP) is 5.26. The first-order chi connectivity index (χ1) is 16.5. The summed E-state index contributed by atoms with van der Waals surface area (Å²) in [5.74, 6) is 3.54. The molecule has 1 aliphatic rings. The summed E-state index contributed by atoms with van der Waals surface area (Å²) in [5, 5.41) is 22.1. The first-order valence-corrected chi connectivity index (χ1v) is 13.8. The molecule has 6 nitrogen and oxygen atoms in total. The van der Waals surface area contributed by atoms with Crippen LogP contribution in [0.5, 0.6) is 11.5 Å². The quantitative estimate of drug-likeness (QED) is 0.480. The van der Waals surface area contributed by atoms with Gasteiger partial charge in [-0.1, -0.05) is 23.2 Å². The van der Waals surface area contributed by atoms with Gasteiger partial charge < -0.3 is 10.2 Å². The van der Waals surface area contributed by atoms with Gasteiger partial charge in [-0.3, -0.25) is 20.0 Å². The normalized spacial score (nSPS) is 16.3. The highest BCUT2D eigenvalue weighted by Gasteiger charge is 2.08. The van der Waals surface area contributed by atoms with E-state index in [1.807, 2.05) is 0 Å². The van der Waals surface area contributed by atoms with Crippen molar-refractivity contribution in [3.05, 3.63) is 56.6 Å². The Morgan fingerprint density at radius 2 is 0.794 bits per heavy atom. The van der Waals surface area contributed by atoms with Crippen molar-refractivity contribution in [3.63, 3.8) is 0 Å². The van der Waals surface area contributed by atoms with Gasteiger partial charge in [0.1, 0.15) is 11.5 Å². The van der Waals surface area contributed by atoms with Crippen LogP contribution < -0.4 is 0 Å². The van der Waals surface area contributed by atoms with Crippen LogP contribution >= 0.6 is 46.7 Å². The molecule has 1 aliphatic heterocycles. The minimum Gasteiger partial charge on any atom is -0.507 e. The van der Waals surface area contributed by atoms with E-state index in [9.17, 15) is 10.2 Å². The van der Waals surface area contributed by atoms with Crippen LogP contribution in [0.4, 0.5) is 0 Å². The van der Waals surface area contributed by atoms with Crippen LogP contribution in [0.1, 0.15) is 22.3 Å². The average Bonchev–Trinajstić information content (AvgIpc) is 2.81. The van der Waals surface area contributed by atoms with Gasteiger partial charge in [0.15, 0.2) is 0 Å². The fourth-order valence-corrected chi connectivity index (χ4v) is 4.82. The van der Waals surface area contributed by atoms with Gasteiger partial charge in [-0.2, -0.15) is 23.5 Å². The Morgan fingerprint density at radius 3 is 1.06 bits per heavy atom. The molecule has 2 aromatic carbocycles. The highest BCUT2D eigenvalue weighted by molar-refractivity contribution is 7.99. The number of hydrogen-bond acceptors (Lipinski definition) is 8. The second kappa shape index (κ2) is 14.4. The zero-order chi connectivity index (χ0) is 24.2. The van der Waals surface area contributed by atoms with Crippen LogP contribution in [0.3, 0.4) is 0 Å². The number of rotatable bonds is 0. The Morgan fingerprint density at radius 1 is 0.529 bits per heavy atom. The third-order valence-corrected chi connectivity index (χ3v) is 6.97. The van der Waals surface area contributed by atoms with Crippen molar-refractivity contribution in [1.82, 2.24) is 0 Å². The fourth-order valence-electron chi connectivity index (χ4n) is 3.00. The summed E-state index contributed by atoms with van der Waals surface area (Å²) in [5.41, 5.74) is 2.30. The molecular formula is C24H26Cl2N4O2S2. The van der Waals surface area contributed by atoms with E-state index >= 15 is 0 Å². The monoisotopic (exact) mass is 536 g/mol. The molecule has 4 bridgehead atoms. The molecule has 10 heteroatoms. The Labute approximate surface area is 218 Å². The maximum atomic E-state index is 10.5. The zero-order valence-electron chi connectivity index (χ0n) is 18.5. The van der Waals surface area contributed by atoms with Gasteiger partial charge in [0.05, 0.1) is 0 Å². The van der Waals surface area contributed by atoms with E-state index in [0.29, 0.717) is 58.5 Å². The molecule has 0 radical (unpaired) electrons. The zero-order valence-corrected chi connectivity index (χ0v) is 21.7. The molecule has 3 rings (SSSR count). The largest absolute Gasteiger partial charge is 0.507 e. The minimum absolute atomic E-state index is 0.127. The lowest BCUT2D eigenvalue weighted by Gasteiger charge is -2.05. The Kier molecular flexibility index (Phi) is 11.3. The third kappa shape index (κ3) is 8.65. The van der Waals surface area contributed by atoms with Crippen LogP contribution in [0, 0.1) is 0 Å². The number of fused-ring (bicyclic) bond motifs is 4. The molecule has 0 saturated heterocycles. The molecule has 0 fully saturated rings. The lowest BCUT2D eigenvalue weighted by molar-refractivity contribution is 0.473. The Bertz CT molecular complexity index is 931. The number of aliphatic imine (C=N–C) groups is 4. The highest BCUT2D eigenvalue weighted by atomic mass is 35.5. The number of nitrogens with zero attached hydrogens (tertiary/aromatic N) is 4. The smallest absolute Gasteiger partial charge is 0.133 e. The summed E-state index contributed by atoms with van der Waals surface area (Å²) < 4.78 is 0. The molecule has 0 aromatic heterocycles. The summed E-state index contributed by atoms with van der Waals surface area (Å²) in [6, 6.07) is 6.76. The molecular weight excluding hydrogens is 511 g/mol. The van der Waals surface area contributed by atoms with Crippen LogP contribution in [0.25, 0.3) is 0 Å². The number of hydrogen-bond donors (Lipinski definition) is 2. The van der Waals surface area contributed by atoms with Gasteiger partial charge in [-0.15, -0.1) is 0 Å². The molecule has 0 saturated carbocycles. The van der Waals surface area contributed by atoms with Gasteiger partial charge >= 0.3 is 0 Å². The average molecular weight is 538 g/mol. The molecule has 0 atom stereocenters. The fraction of sp³-hybridized carbons (Fsp3) is 0.333. The van der Waals surface area contributed by atoms with Crippen LogP contribution in [-0.4, -0.2) is 84.3 Å². The number of phenols is 2. The van der Waals surface area contributed by atoms with Gasteiger partial charge in [0, 0.05) is 106 Å². The van der Waals surface area contributed by atoms with E-state index in [1.165, 1.54) is 0 Å². The van der Waals surface area contributed by atoms with Crippen molar-refractivity contribution >= 4 is 71.6 Å². The standard InChI is InChI=1S/C24H26Cl2N4O2S2/c25-21-9-17-13-27-1-5-33-6-2-28-15-19-11-22(26)12-20(24(19)32)16-30-4-8-34-7-3-29-14-18(10-21)23(17)31/h9-16,31-32H,1-8H2. The van der Waals surface area contributed by atoms with E-state index in [4.69, 9.17) is 23.2 Å².